The number of nitrogens with one attached hydrogen (secondary N) is 2. The molecule has 0 aliphatic heterocycles. The van der Waals surface area contributed by atoms with Crippen LogP contribution in [0, 0.1) is 5.92 Å². The number of aliphatic hydroxyl groups excluding tert-OH is 1. The highest BCUT2D eigenvalue weighted by Gasteiger charge is 2.37. The van der Waals surface area contributed by atoms with Crippen LogP contribution in [0.5, 0.6) is 0 Å². The number of halogens is 3. The van der Waals surface area contributed by atoms with Crippen molar-refractivity contribution in [3.05, 3.63) is 24.1 Å². The summed E-state index contributed by atoms with van der Waals surface area (Å²) >= 11 is 0. The fraction of sp³-hybridized carbons (Fsp3) is 0.467. The number of urea groups is 1. The van der Waals surface area contributed by atoms with Crippen molar-refractivity contribution in [1.82, 2.24) is 10.3 Å². The Bertz CT molecular complexity index is 713. The molecule has 132 valence electrons. The number of hydrogen-bond acceptors (Lipinski definition) is 4. The highest BCUT2D eigenvalue weighted by atomic mass is 19.4. The SMILES string of the molecule is C[C@H](CNC(=O)Nc1ccc2oc(C(F)(F)F)nc2c1)C[C@H](C)O. The number of nitrogens with zero attached hydrogens (tertiary/aromatic N) is 1. The van der Waals surface area contributed by atoms with Crippen LogP contribution in [0.1, 0.15) is 26.2 Å². The molecule has 0 spiro atoms. The van der Waals surface area contributed by atoms with Crippen molar-refractivity contribution < 1.29 is 27.5 Å². The monoisotopic (exact) mass is 345 g/mol. The number of oxazole rings is 1. The fourth-order valence-electron chi connectivity index (χ4n) is 2.23. The molecule has 2 aromatic rings. The van der Waals surface area contributed by atoms with Crippen molar-refractivity contribution in [2.75, 3.05) is 11.9 Å². The Kier molecular flexibility index (Phi) is 5.33. The number of rotatable bonds is 5. The van der Waals surface area contributed by atoms with E-state index in [2.05, 4.69) is 20.0 Å². The zero-order chi connectivity index (χ0) is 17.9. The van der Waals surface area contributed by atoms with Crippen LogP contribution in [0.4, 0.5) is 23.7 Å². The molecule has 2 atom stereocenters. The van der Waals surface area contributed by atoms with Crippen LogP contribution in [0.2, 0.25) is 0 Å². The first kappa shape index (κ1) is 18.1. The number of amides is 2. The average molecular weight is 345 g/mol. The minimum absolute atomic E-state index is 0.00241. The summed E-state index contributed by atoms with van der Waals surface area (Å²) in [7, 11) is 0. The van der Waals surface area contributed by atoms with Gasteiger partial charge in [0.25, 0.3) is 0 Å². The van der Waals surface area contributed by atoms with Crippen LogP contribution in [-0.4, -0.2) is 28.8 Å². The first-order valence-electron chi connectivity index (χ1n) is 7.36. The predicted molar refractivity (Wildman–Crippen MR) is 81.5 cm³/mol. The summed E-state index contributed by atoms with van der Waals surface area (Å²) < 4.78 is 42.3. The molecule has 0 fully saturated rings. The van der Waals surface area contributed by atoms with Crippen LogP contribution < -0.4 is 10.6 Å². The lowest BCUT2D eigenvalue weighted by Crippen LogP contribution is -2.33. The zero-order valence-electron chi connectivity index (χ0n) is 13.1. The molecule has 1 heterocycles. The normalized spacial score (nSPS) is 14.4. The van der Waals surface area contributed by atoms with Crippen LogP contribution in [0.25, 0.3) is 11.1 Å². The highest BCUT2D eigenvalue weighted by molar-refractivity contribution is 5.91. The van der Waals surface area contributed by atoms with Crippen molar-refractivity contribution in [3.8, 4) is 0 Å². The van der Waals surface area contributed by atoms with Crippen molar-refractivity contribution in [1.29, 1.82) is 0 Å². The van der Waals surface area contributed by atoms with Crippen LogP contribution in [0.3, 0.4) is 0 Å². The average Bonchev–Trinajstić information content (AvgIpc) is 2.87. The van der Waals surface area contributed by atoms with Gasteiger partial charge in [-0.2, -0.15) is 13.2 Å². The van der Waals surface area contributed by atoms with Gasteiger partial charge in [0, 0.05) is 12.2 Å². The number of aliphatic hydroxyl groups is 1. The van der Waals surface area contributed by atoms with E-state index in [0.29, 0.717) is 18.7 Å². The minimum Gasteiger partial charge on any atom is -0.433 e. The largest absolute Gasteiger partial charge is 0.468 e. The molecule has 24 heavy (non-hydrogen) atoms. The van der Waals surface area contributed by atoms with E-state index >= 15 is 0 Å². The third-order valence-corrected chi connectivity index (χ3v) is 3.24. The van der Waals surface area contributed by atoms with E-state index in [1.807, 2.05) is 6.92 Å². The molecule has 6 nitrogen and oxygen atoms in total. The Labute approximate surface area is 136 Å². The topological polar surface area (TPSA) is 87.4 Å². The summed E-state index contributed by atoms with van der Waals surface area (Å²) in [5.74, 6) is -1.24. The Morgan fingerprint density at radius 2 is 2.08 bits per heavy atom. The van der Waals surface area contributed by atoms with Crippen LogP contribution in [-0.2, 0) is 6.18 Å². The van der Waals surface area contributed by atoms with Gasteiger partial charge in [-0.1, -0.05) is 6.92 Å². The van der Waals surface area contributed by atoms with E-state index in [-0.39, 0.29) is 17.0 Å². The first-order valence-corrected chi connectivity index (χ1v) is 7.36. The molecule has 0 unspecified atom stereocenters. The number of carbonyl (C=O) groups excluding carboxylic acids is 1. The number of fused-ring (bicyclic) bond motifs is 1. The van der Waals surface area contributed by atoms with Crippen LogP contribution >= 0.6 is 0 Å². The molecule has 2 amide bonds. The van der Waals surface area contributed by atoms with E-state index in [0.717, 1.165) is 0 Å². The second kappa shape index (κ2) is 7.08. The van der Waals surface area contributed by atoms with E-state index in [4.69, 9.17) is 0 Å². The van der Waals surface area contributed by atoms with Gasteiger partial charge in [0.15, 0.2) is 5.58 Å². The standard InChI is InChI=1S/C15H18F3N3O3/c1-8(5-9(2)22)7-19-14(23)20-10-3-4-12-11(6-10)21-13(24-12)15(16,17)18/h3-4,6,8-9,22H,5,7H2,1-2H3,(H2,19,20,23)/t8-,9-/m0/s1. The van der Waals surface area contributed by atoms with Gasteiger partial charge < -0.3 is 20.2 Å². The molecular formula is C15H18F3N3O3. The quantitative estimate of drug-likeness (QED) is 0.775. The molecule has 3 N–H and O–H groups in total. The lowest BCUT2D eigenvalue weighted by atomic mass is 10.1. The minimum atomic E-state index is -4.66. The smallest absolute Gasteiger partial charge is 0.433 e. The predicted octanol–water partition coefficient (Wildman–Crippen LogP) is 3.38. The summed E-state index contributed by atoms with van der Waals surface area (Å²) in [4.78, 5) is 15.2. The summed E-state index contributed by atoms with van der Waals surface area (Å²) in [6, 6.07) is 3.54. The Morgan fingerprint density at radius 3 is 2.71 bits per heavy atom. The third kappa shape index (κ3) is 4.85. The second-order valence-corrected chi connectivity index (χ2v) is 5.72. The molecular weight excluding hydrogens is 327 g/mol. The van der Waals surface area contributed by atoms with Gasteiger partial charge in [-0.3, -0.25) is 0 Å². The molecule has 2 rings (SSSR count). The van der Waals surface area contributed by atoms with E-state index in [9.17, 15) is 23.1 Å². The van der Waals surface area contributed by atoms with Gasteiger partial charge in [0.05, 0.1) is 6.10 Å². The maximum atomic E-state index is 12.5. The highest BCUT2D eigenvalue weighted by Crippen LogP contribution is 2.31. The van der Waals surface area contributed by atoms with Gasteiger partial charge in [0.2, 0.25) is 0 Å². The van der Waals surface area contributed by atoms with Gasteiger partial charge in [-0.05, 0) is 37.5 Å². The van der Waals surface area contributed by atoms with Gasteiger partial charge >= 0.3 is 18.1 Å². The van der Waals surface area contributed by atoms with Crippen molar-refractivity contribution >= 4 is 22.8 Å². The Hall–Kier alpha value is -2.29. The molecule has 1 aromatic heterocycles. The van der Waals surface area contributed by atoms with Crippen LogP contribution in [0.15, 0.2) is 22.6 Å². The number of hydrogen-bond donors (Lipinski definition) is 3. The van der Waals surface area contributed by atoms with E-state index < -0.39 is 24.2 Å². The second-order valence-electron chi connectivity index (χ2n) is 5.72. The fourth-order valence-corrected chi connectivity index (χ4v) is 2.23. The van der Waals surface area contributed by atoms with Gasteiger partial charge in [0.1, 0.15) is 5.52 Å². The van der Waals surface area contributed by atoms with Gasteiger partial charge in [-0.25, -0.2) is 9.78 Å². The molecule has 0 saturated heterocycles. The van der Waals surface area contributed by atoms with E-state index in [1.54, 1.807) is 6.92 Å². The first-order chi connectivity index (χ1) is 11.1. The molecule has 0 radical (unpaired) electrons. The summed E-state index contributed by atoms with van der Waals surface area (Å²) in [5.41, 5.74) is 0.284. The lowest BCUT2D eigenvalue weighted by molar-refractivity contribution is -0.156. The Morgan fingerprint density at radius 1 is 1.38 bits per heavy atom. The zero-order valence-corrected chi connectivity index (χ0v) is 13.1. The van der Waals surface area contributed by atoms with Crippen molar-refractivity contribution in [3.63, 3.8) is 0 Å². The Balaban J connectivity index is 1.98. The van der Waals surface area contributed by atoms with E-state index in [1.165, 1.54) is 18.2 Å². The summed E-state index contributed by atoms with van der Waals surface area (Å²) in [6.45, 7) is 3.91. The maximum absolute atomic E-state index is 12.5. The van der Waals surface area contributed by atoms with Gasteiger partial charge in [-0.15, -0.1) is 0 Å². The molecule has 0 saturated carbocycles. The lowest BCUT2D eigenvalue weighted by Gasteiger charge is -2.14. The number of alkyl halides is 3. The third-order valence-electron chi connectivity index (χ3n) is 3.24. The molecule has 9 heteroatoms. The summed E-state index contributed by atoms with van der Waals surface area (Å²) in [6.07, 6.45) is -4.57. The number of carbonyl (C=O) groups is 1. The molecule has 0 aliphatic carbocycles. The number of aromatic nitrogens is 1. The summed E-state index contributed by atoms with van der Waals surface area (Å²) in [5, 5.41) is 14.4. The van der Waals surface area contributed by atoms with Crippen molar-refractivity contribution in [2.24, 2.45) is 5.92 Å². The number of anilines is 1. The number of benzene rings is 1. The maximum Gasteiger partial charge on any atom is 0.468 e. The molecule has 0 bridgehead atoms. The molecule has 0 aliphatic rings. The van der Waals surface area contributed by atoms with Crippen molar-refractivity contribution in [2.45, 2.75) is 32.5 Å². The molecule has 1 aromatic carbocycles.